The third-order valence-electron chi connectivity index (χ3n) is 4.03. The summed E-state index contributed by atoms with van der Waals surface area (Å²) in [6.45, 7) is 5.06. The summed E-state index contributed by atoms with van der Waals surface area (Å²) < 4.78 is 4.69. The quantitative estimate of drug-likeness (QED) is 0.630. The Kier molecular flexibility index (Phi) is 5.37. The molecule has 6 heteroatoms. The zero-order valence-corrected chi connectivity index (χ0v) is 12.4. The molecule has 0 spiro atoms. The van der Waals surface area contributed by atoms with Gasteiger partial charge in [0.05, 0.1) is 7.11 Å². The molecular formula is C14H25N3O3. The van der Waals surface area contributed by atoms with E-state index in [2.05, 4.69) is 15.5 Å². The van der Waals surface area contributed by atoms with Gasteiger partial charge >= 0.3 is 5.97 Å². The topological polar surface area (TPSA) is 70.7 Å². The van der Waals surface area contributed by atoms with Crippen LogP contribution in [0.1, 0.15) is 26.2 Å². The number of amides is 1. The van der Waals surface area contributed by atoms with Crippen molar-refractivity contribution in [3.05, 3.63) is 0 Å². The van der Waals surface area contributed by atoms with Crippen LogP contribution in [0.4, 0.5) is 0 Å². The van der Waals surface area contributed by atoms with Crippen LogP contribution in [0, 0.1) is 5.92 Å². The summed E-state index contributed by atoms with van der Waals surface area (Å²) in [6.07, 6.45) is 3.92. The third kappa shape index (κ3) is 4.45. The number of likely N-dealkylation sites (tertiary alicyclic amines) is 1. The van der Waals surface area contributed by atoms with Crippen LogP contribution in [0.15, 0.2) is 0 Å². The van der Waals surface area contributed by atoms with E-state index in [1.54, 1.807) is 0 Å². The second-order valence-corrected chi connectivity index (χ2v) is 5.82. The molecule has 2 rings (SSSR count). The van der Waals surface area contributed by atoms with Crippen molar-refractivity contribution < 1.29 is 14.3 Å². The van der Waals surface area contributed by atoms with Gasteiger partial charge < -0.3 is 20.3 Å². The van der Waals surface area contributed by atoms with Gasteiger partial charge in [-0.3, -0.25) is 4.79 Å². The van der Waals surface area contributed by atoms with Gasteiger partial charge in [0, 0.05) is 26.1 Å². The van der Waals surface area contributed by atoms with Crippen LogP contribution in [-0.4, -0.2) is 62.1 Å². The number of hydrogen-bond acceptors (Lipinski definition) is 5. The van der Waals surface area contributed by atoms with Crippen LogP contribution in [0.2, 0.25) is 0 Å². The average Bonchev–Trinajstić information content (AvgIpc) is 3.16. The van der Waals surface area contributed by atoms with Crippen molar-refractivity contribution in [1.29, 1.82) is 0 Å². The number of carbonyl (C=O) groups excluding carboxylic acids is 2. The first-order chi connectivity index (χ1) is 9.60. The molecule has 6 nitrogen and oxygen atoms in total. The number of ether oxygens (including phenoxy) is 1. The average molecular weight is 283 g/mol. The monoisotopic (exact) mass is 283 g/mol. The molecule has 2 fully saturated rings. The molecule has 2 aliphatic rings. The summed E-state index contributed by atoms with van der Waals surface area (Å²) in [5.41, 5.74) is 0. The summed E-state index contributed by atoms with van der Waals surface area (Å²) in [4.78, 5) is 25.2. The number of rotatable bonds is 7. The molecule has 2 N–H and O–H groups in total. The number of nitrogens with one attached hydrogen (secondary N) is 2. The summed E-state index contributed by atoms with van der Waals surface area (Å²) in [5.74, 6) is 0.0212. The molecule has 0 radical (unpaired) electrons. The van der Waals surface area contributed by atoms with E-state index in [-0.39, 0.29) is 5.91 Å². The summed E-state index contributed by atoms with van der Waals surface area (Å²) in [7, 11) is 1.33. The standard InChI is InChI=1S/C14H25N3O3/c1-10(18)16-13(14(19)20-2)8-15-7-11-5-6-17(9-11)12-3-4-12/h11-13,15H,3-9H2,1-2H3,(H,16,18). The van der Waals surface area contributed by atoms with Crippen molar-refractivity contribution in [2.24, 2.45) is 5.92 Å². The van der Waals surface area contributed by atoms with Crippen molar-refractivity contribution >= 4 is 11.9 Å². The number of hydrogen-bond donors (Lipinski definition) is 2. The van der Waals surface area contributed by atoms with Gasteiger partial charge in [-0.1, -0.05) is 0 Å². The van der Waals surface area contributed by atoms with Crippen molar-refractivity contribution in [2.45, 2.75) is 38.3 Å². The highest BCUT2D eigenvalue weighted by Crippen LogP contribution is 2.31. The summed E-state index contributed by atoms with van der Waals surface area (Å²) in [6, 6.07) is 0.237. The minimum absolute atomic E-state index is 0.219. The highest BCUT2D eigenvalue weighted by molar-refractivity contribution is 5.83. The zero-order valence-electron chi connectivity index (χ0n) is 12.4. The summed E-state index contributed by atoms with van der Waals surface area (Å²) >= 11 is 0. The van der Waals surface area contributed by atoms with Gasteiger partial charge in [-0.15, -0.1) is 0 Å². The lowest BCUT2D eigenvalue weighted by molar-refractivity contribution is -0.144. The highest BCUT2D eigenvalue weighted by atomic mass is 16.5. The lowest BCUT2D eigenvalue weighted by Crippen LogP contribution is -2.47. The Hall–Kier alpha value is -1.14. The first-order valence-corrected chi connectivity index (χ1v) is 7.40. The van der Waals surface area contributed by atoms with Gasteiger partial charge in [0.1, 0.15) is 6.04 Å². The van der Waals surface area contributed by atoms with Crippen LogP contribution in [-0.2, 0) is 14.3 Å². The Labute approximate surface area is 120 Å². The Morgan fingerprint density at radius 1 is 1.35 bits per heavy atom. The van der Waals surface area contributed by atoms with Gasteiger partial charge in [0.2, 0.25) is 5.91 Å². The molecule has 1 saturated heterocycles. The van der Waals surface area contributed by atoms with E-state index in [1.165, 1.54) is 39.8 Å². The number of methoxy groups -OCH3 is 1. The fourth-order valence-corrected chi connectivity index (χ4v) is 2.81. The number of esters is 1. The first-order valence-electron chi connectivity index (χ1n) is 7.40. The molecule has 0 aromatic carbocycles. The van der Waals surface area contributed by atoms with E-state index in [1.807, 2.05) is 0 Å². The molecule has 2 atom stereocenters. The van der Waals surface area contributed by atoms with Crippen molar-refractivity contribution in [3.8, 4) is 0 Å². The van der Waals surface area contributed by atoms with Crippen LogP contribution < -0.4 is 10.6 Å². The largest absolute Gasteiger partial charge is 0.467 e. The normalized spacial score (nSPS) is 24.4. The SMILES string of the molecule is COC(=O)C(CNCC1CCN(C2CC2)C1)NC(C)=O. The molecule has 1 saturated carbocycles. The van der Waals surface area contributed by atoms with Crippen LogP contribution >= 0.6 is 0 Å². The Morgan fingerprint density at radius 3 is 2.70 bits per heavy atom. The van der Waals surface area contributed by atoms with Crippen molar-refractivity contribution in [2.75, 3.05) is 33.3 Å². The minimum atomic E-state index is -0.599. The lowest BCUT2D eigenvalue weighted by atomic mass is 10.1. The Morgan fingerprint density at radius 2 is 2.10 bits per heavy atom. The predicted octanol–water partition coefficient (Wildman–Crippen LogP) is -0.262. The lowest BCUT2D eigenvalue weighted by Gasteiger charge is -2.18. The van der Waals surface area contributed by atoms with Crippen molar-refractivity contribution in [3.63, 3.8) is 0 Å². The molecule has 20 heavy (non-hydrogen) atoms. The van der Waals surface area contributed by atoms with Crippen LogP contribution in [0.3, 0.4) is 0 Å². The van der Waals surface area contributed by atoms with Gasteiger partial charge in [-0.25, -0.2) is 4.79 Å². The van der Waals surface area contributed by atoms with E-state index in [0.717, 1.165) is 19.1 Å². The molecule has 1 heterocycles. The molecular weight excluding hydrogens is 258 g/mol. The van der Waals surface area contributed by atoms with Gasteiger partial charge in [-0.2, -0.15) is 0 Å². The summed E-state index contributed by atoms with van der Waals surface area (Å²) in [5, 5.41) is 5.89. The third-order valence-corrected chi connectivity index (χ3v) is 4.03. The van der Waals surface area contributed by atoms with Gasteiger partial charge in [0.25, 0.3) is 0 Å². The van der Waals surface area contributed by atoms with E-state index in [9.17, 15) is 9.59 Å². The molecule has 0 aromatic rings. The number of nitrogens with zero attached hydrogens (tertiary/aromatic N) is 1. The van der Waals surface area contributed by atoms with E-state index < -0.39 is 12.0 Å². The molecule has 0 aromatic heterocycles. The van der Waals surface area contributed by atoms with E-state index in [4.69, 9.17) is 4.74 Å². The maximum absolute atomic E-state index is 11.5. The molecule has 2 unspecified atom stereocenters. The molecule has 1 amide bonds. The van der Waals surface area contributed by atoms with Gasteiger partial charge in [0.15, 0.2) is 0 Å². The maximum Gasteiger partial charge on any atom is 0.329 e. The Balaban J connectivity index is 1.67. The minimum Gasteiger partial charge on any atom is -0.467 e. The fourth-order valence-electron chi connectivity index (χ4n) is 2.81. The smallest absolute Gasteiger partial charge is 0.329 e. The predicted molar refractivity (Wildman–Crippen MR) is 75.2 cm³/mol. The van der Waals surface area contributed by atoms with E-state index >= 15 is 0 Å². The zero-order chi connectivity index (χ0) is 14.5. The molecule has 1 aliphatic heterocycles. The molecule has 0 bridgehead atoms. The second-order valence-electron chi connectivity index (χ2n) is 5.82. The van der Waals surface area contributed by atoms with Crippen LogP contribution in [0.5, 0.6) is 0 Å². The van der Waals surface area contributed by atoms with E-state index in [0.29, 0.717) is 12.5 Å². The van der Waals surface area contributed by atoms with Crippen molar-refractivity contribution in [1.82, 2.24) is 15.5 Å². The second kappa shape index (κ2) is 7.04. The van der Waals surface area contributed by atoms with Gasteiger partial charge in [-0.05, 0) is 38.3 Å². The maximum atomic E-state index is 11.5. The first kappa shape index (κ1) is 15.3. The highest BCUT2D eigenvalue weighted by Gasteiger charge is 2.34. The number of carbonyl (C=O) groups is 2. The fraction of sp³-hybridized carbons (Fsp3) is 0.857. The van der Waals surface area contributed by atoms with Crippen LogP contribution in [0.25, 0.3) is 0 Å². The molecule has 1 aliphatic carbocycles. The molecule has 114 valence electrons. The Bertz CT molecular complexity index is 358.